The van der Waals surface area contributed by atoms with E-state index in [1.165, 1.54) is 11.9 Å². The maximum absolute atomic E-state index is 11.6. The van der Waals surface area contributed by atoms with Crippen molar-refractivity contribution in [1.29, 1.82) is 0 Å². The highest BCUT2D eigenvalue weighted by Crippen LogP contribution is 2.27. The largest absolute Gasteiger partial charge is 0.347 e. The standard InChI is InChI=1S/C13H17NO2S2/c1-9(8-17)12-6-10-4-5-11(18(3,15)16)7-13(10)14(12)2/h4-7,9,17H,8H2,1-3H3. The molecule has 98 valence electrons. The molecule has 0 radical (unpaired) electrons. The van der Waals surface area contributed by atoms with Gasteiger partial charge in [0.25, 0.3) is 0 Å². The number of benzene rings is 1. The highest BCUT2D eigenvalue weighted by atomic mass is 32.2. The fourth-order valence-electron chi connectivity index (χ4n) is 2.13. The van der Waals surface area contributed by atoms with Gasteiger partial charge in [0.05, 0.1) is 4.90 Å². The van der Waals surface area contributed by atoms with Crippen LogP contribution in [0.25, 0.3) is 10.9 Å². The van der Waals surface area contributed by atoms with Crippen LogP contribution in [0.2, 0.25) is 0 Å². The Labute approximate surface area is 113 Å². The first-order valence-corrected chi connectivity index (χ1v) is 8.27. The molecule has 2 rings (SSSR count). The third kappa shape index (κ3) is 2.29. The van der Waals surface area contributed by atoms with Gasteiger partial charge in [0.1, 0.15) is 0 Å². The molecule has 1 aromatic heterocycles. The molecule has 0 aliphatic carbocycles. The van der Waals surface area contributed by atoms with Crippen LogP contribution >= 0.6 is 12.6 Å². The monoisotopic (exact) mass is 283 g/mol. The molecule has 0 bridgehead atoms. The molecular weight excluding hydrogens is 266 g/mol. The molecule has 3 nitrogen and oxygen atoms in total. The lowest BCUT2D eigenvalue weighted by atomic mass is 10.1. The first-order chi connectivity index (χ1) is 8.34. The van der Waals surface area contributed by atoms with E-state index in [1.54, 1.807) is 12.1 Å². The van der Waals surface area contributed by atoms with Crippen molar-refractivity contribution in [2.75, 3.05) is 12.0 Å². The van der Waals surface area contributed by atoms with Gasteiger partial charge in [0.15, 0.2) is 9.84 Å². The molecule has 0 fully saturated rings. The molecular formula is C13H17NO2S2. The summed E-state index contributed by atoms with van der Waals surface area (Å²) in [6.07, 6.45) is 1.23. The molecule has 2 aromatic rings. The first-order valence-electron chi connectivity index (χ1n) is 5.75. The number of aryl methyl sites for hydroxylation is 1. The summed E-state index contributed by atoms with van der Waals surface area (Å²) in [5, 5.41) is 1.06. The van der Waals surface area contributed by atoms with Crippen molar-refractivity contribution in [1.82, 2.24) is 4.57 Å². The van der Waals surface area contributed by atoms with Gasteiger partial charge < -0.3 is 4.57 Å². The van der Waals surface area contributed by atoms with Gasteiger partial charge in [-0.25, -0.2) is 8.42 Å². The summed E-state index contributed by atoms with van der Waals surface area (Å²) in [5.74, 6) is 1.11. The van der Waals surface area contributed by atoms with Gasteiger partial charge in [-0.2, -0.15) is 12.6 Å². The van der Waals surface area contributed by atoms with Crippen LogP contribution < -0.4 is 0 Å². The van der Waals surface area contributed by atoms with Crippen molar-refractivity contribution in [3.63, 3.8) is 0 Å². The zero-order valence-electron chi connectivity index (χ0n) is 10.7. The van der Waals surface area contributed by atoms with E-state index in [9.17, 15) is 8.42 Å². The SMILES string of the molecule is CC(CS)c1cc2ccc(S(C)(=O)=O)cc2n1C. The van der Waals surface area contributed by atoms with Crippen LogP contribution in [-0.2, 0) is 16.9 Å². The van der Waals surface area contributed by atoms with E-state index < -0.39 is 9.84 Å². The van der Waals surface area contributed by atoms with E-state index in [0.29, 0.717) is 10.8 Å². The Balaban J connectivity index is 2.68. The quantitative estimate of drug-likeness (QED) is 0.880. The lowest BCUT2D eigenvalue weighted by Gasteiger charge is -2.10. The predicted molar refractivity (Wildman–Crippen MR) is 78.3 cm³/mol. The zero-order chi connectivity index (χ0) is 13.5. The second kappa shape index (κ2) is 4.63. The molecule has 1 aromatic carbocycles. The van der Waals surface area contributed by atoms with Crippen LogP contribution in [0.4, 0.5) is 0 Å². The Kier molecular flexibility index (Phi) is 3.47. The second-order valence-electron chi connectivity index (χ2n) is 4.70. The third-order valence-corrected chi connectivity index (χ3v) is 4.92. The molecule has 1 unspecified atom stereocenters. The lowest BCUT2D eigenvalue weighted by Crippen LogP contribution is -2.02. The van der Waals surface area contributed by atoms with Crippen LogP contribution in [0.5, 0.6) is 0 Å². The molecule has 0 aliphatic heterocycles. The van der Waals surface area contributed by atoms with E-state index in [0.717, 1.165) is 16.7 Å². The minimum absolute atomic E-state index is 0.340. The number of rotatable bonds is 3. The van der Waals surface area contributed by atoms with Crippen molar-refractivity contribution >= 4 is 33.4 Å². The Morgan fingerprint density at radius 2 is 2.00 bits per heavy atom. The maximum atomic E-state index is 11.6. The van der Waals surface area contributed by atoms with Crippen LogP contribution in [0, 0.1) is 0 Å². The van der Waals surface area contributed by atoms with Gasteiger partial charge >= 0.3 is 0 Å². The smallest absolute Gasteiger partial charge is 0.175 e. The number of hydrogen-bond acceptors (Lipinski definition) is 3. The number of sulfone groups is 1. The van der Waals surface area contributed by atoms with Gasteiger partial charge in [-0.3, -0.25) is 0 Å². The van der Waals surface area contributed by atoms with Gasteiger partial charge in [0, 0.05) is 30.4 Å². The van der Waals surface area contributed by atoms with Crippen LogP contribution in [-0.4, -0.2) is 25.0 Å². The fraction of sp³-hybridized carbons (Fsp3) is 0.385. The van der Waals surface area contributed by atoms with Crippen molar-refractivity contribution in [3.8, 4) is 0 Å². The topological polar surface area (TPSA) is 39.1 Å². The van der Waals surface area contributed by atoms with Crippen molar-refractivity contribution in [2.45, 2.75) is 17.7 Å². The Hall–Kier alpha value is -0.940. The second-order valence-corrected chi connectivity index (χ2v) is 7.09. The summed E-state index contributed by atoms with van der Waals surface area (Å²) in [4.78, 5) is 0.362. The highest BCUT2D eigenvalue weighted by molar-refractivity contribution is 7.90. The Bertz CT molecular complexity index is 686. The number of fused-ring (bicyclic) bond motifs is 1. The van der Waals surface area contributed by atoms with E-state index >= 15 is 0 Å². The minimum Gasteiger partial charge on any atom is -0.347 e. The summed E-state index contributed by atoms with van der Waals surface area (Å²) in [6, 6.07) is 7.36. The summed E-state index contributed by atoms with van der Waals surface area (Å²) >= 11 is 4.31. The van der Waals surface area contributed by atoms with Crippen molar-refractivity contribution < 1.29 is 8.42 Å². The maximum Gasteiger partial charge on any atom is 0.175 e. The molecule has 0 aliphatic rings. The van der Waals surface area contributed by atoms with Gasteiger partial charge in [-0.05, 0) is 29.3 Å². The number of hydrogen-bond donors (Lipinski definition) is 1. The van der Waals surface area contributed by atoms with E-state index in [1.807, 2.05) is 17.7 Å². The molecule has 1 heterocycles. The average Bonchev–Trinajstić information content (AvgIpc) is 2.64. The molecule has 1 atom stereocenters. The van der Waals surface area contributed by atoms with Crippen molar-refractivity contribution in [2.24, 2.45) is 7.05 Å². The number of aromatic nitrogens is 1. The average molecular weight is 283 g/mol. The third-order valence-electron chi connectivity index (χ3n) is 3.26. The van der Waals surface area contributed by atoms with Crippen LogP contribution in [0.15, 0.2) is 29.2 Å². The molecule has 5 heteroatoms. The normalized spacial score (nSPS) is 14.0. The fourth-order valence-corrected chi connectivity index (χ4v) is 2.96. The minimum atomic E-state index is -3.16. The van der Waals surface area contributed by atoms with E-state index in [2.05, 4.69) is 25.6 Å². The molecule has 0 amide bonds. The highest BCUT2D eigenvalue weighted by Gasteiger charge is 2.14. The summed E-state index contributed by atoms with van der Waals surface area (Å²) < 4.78 is 25.2. The van der Waals surface area contributed by atoms with Gasteiger partial charge in [-0.15, -0.1) is 0 Å². The molecule has 0 spiro atoms. The lowest BCUT2D eigenvalue weighted by molar-refractivity contribution is 0.602. The zero-order valence-corrected chi connectivity index (χ0v) is 12.4. The summed E-state index contributed by atoms with van der Waals surface area (Å²) in [6.45, 7) is 2.11. The molecule has 18 heavy (non-hydrogen) atoms. The van der Waals surface area contributed by atoms with E-state index in [-0.39, 0.29) is 0 Å². The van der Waals surface area contributed by atoms with Crippen molar-refractivity contribution in [3.05, 3.63) is 30.0 Å². The Morgan fingerprint density at radius 1 is 1.33 bits per heavy atom. The first kappa shape index (κ1) is 13.5. The van der Waals surface area contributed by atoms with Gasteiger partial charge in [-0.1, -0.05) is 13.0 Å². The molecule has 0 saturated heterocycles. The molecule has 0 N–H and O–H groups in total. The summed E-state index contributed by atoms with van der Waals surface area (Å²) in [7, 11) is -1.19. The predicted octanol–water partition coefficient (Wildman–Crippen LogP) is 2.62. The summed E-state index contributed by atoms with van der Waals surface area (Å²) in [5.41, 5.74) is 2.12. The Morgan fingerprint density at radius 3 is 2.56 bits per heavy atom. The number of thiol groups is 1. The number of nitrogens with zero attached hydrogens (tertiary/aromatic N) is 1. The van der Waals surface area contributed by atoms with E-state index in [4.69, 9.17) is 0 Å². The van der Waals surface area contributed by atoms with Gasteiger partial charge in [0.2, 0.25) is 0 Å². The van der Waals surface area contributed by atoms with Crippen LogP contribution in [0.1, 0.15) is 18.5 Å². The molecule has 0 saturated carbocycles. The van der Waals surface area contributed by atoms with Crippen LogP contribution in [0.3, 0.4) is 0 Å².